The first-order valence-corrected chi connectivity index (χ1v) is 6.94. The van der Waals surface area contributed by atoms with Crippen LogP contribution in [0.15, 0.2) is 36.5 Å². The largest absolute Gasteiger partial charge is 0.465 e. The highest BCUT2D eigenvalue weighted by Crippen LogP contribution is 2.29. The van der Waals surface area contributed by atoms with E-state index in [-0.39, 0.29) is 12.1 Å². The Morgan fingerprint density at radius 1 is 1.50 bits per heavy atom. The summed E-state index contributed by atoms with van der Waals surface area (Å²) in [6, 6.07) is 0. The highest BCUT2D eigenvalue weighted by molar-refractivity contribution is 5.80. The first-order chi connectivity index (χ1) is 9.41. The minimum atomic E-state index is -0.738. The van der Waals surface area contributed by atoms with Crippen molar-refractivity contribution in [2.45, 2.75) is 46.0 Å². The maximum absolute atomic E-state index is 11.9. The van der Waals surface area contributed by atoms with Crippen molar-refractivity contribution in [1.82, 2.24) is 0 Å². The maximum Gasteiger partial charge on any atom is 0.315 e. The zero-order valence-corrected chi connectivity index (χ0v) is 12.5. The predicted octanol–water partition coefficient (Wildman–Crippen LogP) is 2.74. The molecule has 0 amide bonds. The van der Waals surface area contributed by atoms with Crippen LogP contribution in [0.4, 0.5) is 0 Å². The van der Waals surface area contributed by atoms with E-state index in [0.29, 0.717) is 13.0 Å². The van der Waals surface area contributed by atoms with Gasteiger partial charge in [-0.2, -0.15) is 0 Å². The van der Waals surface area contributed by atoms with E-state index < -0.39 is 11.7 Å². The Hall–Kier alpha value is -1.39. The summed E-state index contributed by atoms with van der Waals surface area (Å²) in [5.74, 6) is -0.271. The molecule has 2 atom stereocenters. The Morgan fingerprint density at radius 2 is 2.20 bits per heavy atom. The second kappa shape index (κ2) is 7.41. The van der Waals surface area contributed by atoms with Crippen LogP contribution < -0.4 is 0 Å². The van der Waals surface area contributed by atoms with Crippen molar-refractivity contribution in [1.29, 1.82) is 0 Å². The molecule has 0 aromatic heterocycles. The quantitative estimate of drug-likeness (QED) is 0.600. The van der Waals surface area contributed by atoms with Crippen LogP contribution >= 0.6 is 0 Å². The Bertz CT molecular complexity index is 407. The van der Waals surface area contributed by atoms with Gasteiger partial charge in [-0.15, -0.1) is 0 Å². The first kappa shape index (κ1) is 16.7. The molecule has 0 aromatic rings. The van der Waals surface area contributed by atoms with E-state index in [1.54, 1.807) is 13.0 Å². The van der Waals surface area contributed by atoms with E-state index in [9.17, 15) is 9.90 Å². The first-order valence-electron chi connectivity index (χ1n) is 6.94. The summed E-state index contributed by atoms with van der Waals surface area (Å²) in [4.78, 5) is 11.9. The van der Waals surface area contributed by atoms with Crippen molar-refractivity contribution in [3.63, 3.8) is 0 Å². The lowest BCUT2D eigenvalue weighted by atomic mass is 9.84. The van der Waals surface area contributed by atoms with Crippen LogP contribution in [0.2, 0.25) is 0 Å². The maximum atomic E-state index is 11.9. The molecule has 20 heavy (non-hydrogen) atoms. The van der Waals surface area contributed by atoms with E-state index >= 15 is 0 Å². The fourth-order valence-electron chi connectivity index (χ4n) is 2.03. The van der Waals surface area contributed by atoms with Gasteiger partial charge in [-0.3, -0.25) is 4.79 Å². The molecular weight excluding hydrogens is 256 g/mol. The SMILES string of the molecule is C=C/C(=C\C=C\C1CCC(O)O1)C(C)(C)C(=O)OCC. The van der Waals surface area contributed by atoms with Gasteiger partial charge in [-0.25, -0.2) is 0 Å². The molecule has 0 aromatic carbocycles. The number of hydrogen-bond donors (Lipinski definition) is 1. The number of esters is 1. The zero-order valence-electron chi connectivity index (χ0n) is 12.5. The van der Waals surface area contributed by atoms with Crippen LogP contribution in [0.1, 0.15) is 33.6 Å². The fourth-order valence-corrected chi connectivity index (χ4v) is 2.03. The van der Waals surface area contributed by atoms with Crippen LogP contribution in [0.5, 0.6) is 0 Å². The van der Waals surface area contributed by atoms with Crippen LogP contribution in [0.3, 0.4) is 0 Å². The molecule has 1 aliphatic rings. The molecule has 1 fully saturated rings. The average molecular weight is 280 g/mol. The van der Waals surface area contributed by atoms with Gasteiger partial charge in [0.25, 0.3) is 0 Å². The van der Waals surface area contributed by atoms with Gasteiger partial charge in [0.05, 0.1) is 18.1 Å². The van der Waals surface area contributed by atoms with E-state index in [2.05, 4.69) is 6.58 Å². The number of aliphatic hydroxyl groups excluding tert-OH is 1. The summed E-state index contributed by atoms with van der Waals surface area (Å²) in [6.45, 7) is 9.51. The lowest BCUT2D eigenvalue weighted by Gasteiger charge is -2.23. The smallest absolute Gasteiger partial charge is 0.315 e. The van der Waals surface area contributed by atoms with Gasteiger partial charge >= 0.3 is 5.97 Å². The van der Waals surface area contributed by atoms with Crippen LogP contribution in [-0.2, 0) is 14.3 Å². The summed E-state index contributed by atoms with van der Waals surface area (Å²) in [7, 11) is 0. The number of ether oxygens (including phenoxy) is 2. The minimum Gasteiger partial charge on any atom is -0.465 e. The van der Waals surface area contributed by atoms with Crippen molar-refractivity contribution in [2.75, 3.05) is 6.61 Å². The Labute approximate surface area is 120 Å². The summed E-state index contributed by atoms with van der Waals surface area (Å²) >= 11 is 0. The molecule has 4 heteroatoms. The molecule has 1 N–H and O–H groups in total. The van der Waals surface area contributed by atoms with E-state index in [1.807, 2.05) is 32.1 Å². The summed E-state index contributed by atoms with van der Waals surface area (Å²) in [5, 5.41) is 9.27. The number of carbonyl (C=O) groups excluding carboxylic acids is 1. The van der Waals surface area contributed by atoms with Gasteiger partial charge in [-0.05, 0) is 32.8 Å². The van der Waals surface area contributed by atoms with Crippen LogP contribution in [0, 0.1) is 5.41 Å². The van der Waals surface area contributed by atoms with Gasteiger partial charge in [0.1, 0.15) is 0 Å². The van der Waals surface area contributed by atoms with Crippen LogP contribution in [-0.4, -0.2) is 30.1 Å². The molecule has 1 heterocycles. The number of hydrogen-bond acceptors (Lipinski definition) is 4. The van der Waals surface area contributed by atoms with Gasteiger partial charge in [0.15, 0.2) is 6.29 Å². The highest BCUT2D eigenvalue weighted by atomic mass is 16.6. The van der Waals surface area contributed by atoms with Gasteiger partial charge in [0.2, 0.25) is 0 Å². The molecule has 0 saturated carbocycles. The topological polar surface area (TPSA) is 55.8 Å². The average Bonchev–Trinajstić information content (AvgIpc) is 2.80. The lowest BCUT2D eigenvalue weighted by Crippen LogP contribution is -2.28. The zero-order chi connectivity index (χ0) is 15.2. The summed E-state index contributed by atoms with van der Waals surface area (Å²) in [5.41, 5.74) is 0.0451. The van der Waals surface area contributed by atoms with Gasteiger partial charge in [-0.1, -0.05) is 30.9 Å². The highest BCUT2D eigenvalue weighted by Gasteiger charge is 2.31. The van der Waals surface area contributed by atoms with E-state index in [0.717, 1.165) is 12.0 Å². The van der Waals surface area contributed by atoms with Gasteiger partial charge < -0.3 is 14.6 Å². The van der Waals surface area contributed by atoms with Crippen molar-refractivity contribution in [3.05, 3.63) is 36.5 Å². The van der Waals surface area contributed by atoms with Crippen molar-refractivity contribution in [2.24, 2.45) is 5.41 Å². The molecule has 1 rings (SSSR count). The molecule has 0 bridgehead atoms. The Kier molecular flexibility index (Phi) is 6.17. The van der Waals surface area contributed by atoms with Crippen molar-refractivity contribution < 1.29 is 19.4 Å². The third-order valence-electron chi connectivity index (χ3n) is 3.36. The fraction of sp³-hybridized carbons (Fsp3) is 0.562. The molecule has 0 radical (unpaired) electrons. The molecule has 0 aliphatic carbocycles. The predicted molar refractivity (Wildman–Crippen MR) is 77.9 cm³/mol. The van der Waals surface area contributed by atoms with Crippen LogP contribution in [0.25, 0.3) is 0 Å². The minimum absolute atomic E-state index is 0.0713. The molecule has 1 aliphatic heterocycles. The third-order valence-corrected chi connectivity index (χ3v) is 3.36. The third kappa shape index (κ3) is 4.32. The second-order valence-electron chi connectivity index (χ2n) is 5.26. The Morgan fingerprint density at radius 3 is 2.70 bits per heavy atom. The number of rotatable bonds is 6. The lowest BCUT2D eigenvalue weighted by molar-refractivity contribution is -0.151. The summed E-state index contributed by atoms with van der Waals surface area (Å²) < 4.78 is 10.3. The monoisotopic (exact) mass is 280 g/mol. The molecule has 2 unspecified atom stereocenters. The second-order valence-corrected chi connectivity index (χ2v) is 5.26. The van der Waals surface area contributed by atoms with E-state index in [1.165, 1.54) is 0 Å². The van der Waals surface area contributed by atoms with Gasteiger partial charge in [0, 0.05) is 6.42 Å². The molecular formula is C16H24O4. The van der Waals surface area contributed by atoms with Crippen molar-refractivity contribution >= 4 is 5.97 Å². The normalized spacial score (nSPS) is 24.1. The molecule has 0 spiro atoms. The number of aliphatic hydroxyl groups is 1. The number of carbonyl (C=O) groups is 1. The number of allylic oxidation sites excluding steroid dienone is 3. The Balaban J connectivity index is 2.73. The molecule has 112 valence electrons. The summed E-state index contributed by atoms with van der Waals surface area (Å²) in [6.07, 6.45) is 7.92. The standard InChI is InChI=1S/C16H24O4/c1-5-12(16(3,4)15(18)19-6-2)8-7-9-13-10-11-14(17)20-13/h5,7-9,13-14,17H,1,6,10-11H2,2-4H3/b9-7+,12-8+. The van der Waals surface area contributed by atoms with Crippen molar-refractivity contribution in [3.8, 4) is 0 Å². The molecule has 4 nitrogen and oxygen atoms in total. The molecule has 1 saturated heterocycles. The van der Waals surface area contributed by atoms with E-state index in [4.69, 9.17) is 9.47 Å².